The number of hydrogen-bond donors (Lipinski definition) is 1. The van der Waals surface area contributed by atoms with Crippen LogP contribution in [0.2, 0.25) is 5.02 Å². The van der Waals surface area contributed by atoms with Crippen LogP contribution in [0.3, 0.4) is 0 Å². The molecule has 6 heteroatoms. The molecule has 0 bridgehead atoms. The lowest BCUT2D eigenvalue weighted by molar-refractivity contribution is 0.0931. The van der Waals surface area contributed by atoms with E-state index in [1.807, 2.05) is 56.3 Å². The Bertz CT molecular complexity index is 935. The maximum Gasteiger partial charge on any atom is 0.270 e. The highest BCUT2D eigenvalue weighted by Crippen LogP contribution is 2.26. The van der Waals surface area contributed by atoms with E-state index in [0.717, 1.165) is 17.7 Å². The second kappa shape index (κ2) is 8.27. The van der Waals surface area contributed by atoms with E-state index in [1.165, 1.54) is 0 Å². The predicted octanol–water partition coefficient (Wildman–Crippen LogP) is 4.73. The number of nitrogens with one attached hydrogen (secondary N) is 1. The molecule has 27 heavy (non-hydrogen) atoms. The lowest BCUT2D eigenvalue weighted by Gasteiger charge is -2.13. The second-order valence-electron chi connectivity index (χ2n) is 6.29. The first-order chi connectivity index (χ1) is 13.0. The number of methoxy groups -OCH3 is 1. The van der Waals surface area contributed by atoms with Gasteiger partial charge < -0.3 is 10.1 Å². The summed E-state index contributed by atoms with van der Waals surface area (Å²) in [7, 11) is 1.62. The molecule has 1 heterocycles. The molecule has 0 aliphatic rings. The molecule has 0 fully saturated rings. The van der Waals surface area contributed by atoms with Crippen molar-refractivity contribution in [3.8, 4) is 22.7 Å². The van der Waals surface area contributed by atoms with Crippen molar-refractivity contribution in [2.75, 3.05) is 7.11 Å². The van der Waals surface area contributed by atoms with Crippen molar-refractivity contribution in [3.05, 3.63) is 65.3 Å². The number of benzene rings is 2. The van der Waals surface area contributed by atoms with Crippen LogP contribution in [0.25, 0.3) is 16.9 Å². The molecule has 1 amide bonds. The molecular formula is C21H22ClN3O2. The van der Waals surface area contributed by atoms with E-state index >= 15 is 0 Å². The third-order valence-corrected chi connectivity index (χ3v) is 4.72. The molecular weight excluding hydrogens is 362 g/mol. The van der Waals surface area contributed by atoms with Crippen LogP contribution in [0.1, 0.15) is 30.8 Å². The second-order valence-corrected chi connectivity index (χ2v) is 6.70. The van der Waals surface area contributed by atoms with Gasteiger partial charge >= 0.3 is 0 Å². The van der Waals surface area contributed by atoms with Crippen LogP contribution in [0.15, 0.2) is 54.6 Å². The molecule has 0 unspecified atom stereocenters. The summed E-state index contributed by atoms with van der Waals surface area (Å²) in [6.07, 6.45) is 0.845. The van der Waals surface area contributed by atoms with Crippen LogP contribution in [-0.2, 0) is 0 Å². The Balaban J connectivity index is 2.08. The Labute approximate surface area is 163 Å². The fraction of sp³-hybridized carbons (Fsp3) is 0.238. The minimum Gasteiger partial charge on any atom is -0.497 e. The van der Waals surface area contributed by atoms with E-state index in [1.54, 1.807) is 23.9 Å². The molecule has 0 aliphatic carbocycles. The van der Waals surface area contributed by atoms with Crippen LogP contribution in [0, 0.1) is 0 Å². The van der Waals surface area contributed by atoms with Gasteiger partial charge in [-0.1, -0.05) is 30.7 Å². The Morgan fingerprint density at radius 1 is 1.22 bits per heavy atom. The van der Waals surface area contributed by atoms with Crippen molar-refractivity contribution < 1.29 is 9.53 Å². The van der Waals surface area contributed by atoms with Gasteiger partial charge in [0, 0.05) is 11.6 Å². The first-order valence-corrected chi connectivity index (χ1v) is 9.21. The molecule has 5 nitrogen and oxygen atoms in total. The van der Waals surface area contributed by atoms with Gasteiger partial charge in [0.15, 0.2) is 0 Å². The molecule has 1 atom stereocenters. The number of amides is 1. The summed E-state index contributed by atoms with van der Waals surface area (Å²) in [5.74, 6) is 0.579. The molecule has 3 rings (SSSR count). The van der Waals surface area contributed by atoms with E-state index in [9.17, 15) is 4.79 Å². The van der Waals surface area contributed by atoms with Crippen molar-refractivity contribution in [1.29, 1.82) is 0 Å². The monoisotopic (exact) mass is 383 g/mol. The van der Waals surface area contributed by atoms with Gasteiger partial charge in [-0.05, 0) is 55.8 Å². The van der Waals surface area contributed by atoms with Crippen molar-refractivity contribution in [3.63, 3.8) is 0 Å². The topological polar surface area (TPSA) is 56.1 Å². The molecule has 2 aromatic carbocycles. The smallest absolute Gasteiger partial charge is 0.270 e. The lowest BCUT2D eigenvalue weighted by Crippen LogP contribution is -2.33. The fourth-order valence-corrected chi connectivity index (χ4v) is 2.87. The highest BCUT2D eigenvalue weighted by atomic mass is 35.5. The third kappa shape index (κ3) is 4.14. The summed E-state index contributed by atoms with van der Waals surface area (Å²) in [4.78, 5) is 12.8. The summed E-state index contributed by atoms with van der Waals surface area (Å²) < 4.78 is 6.80. The quantitative estimate of drug-likeness (QED) is 0.669. The van der Waals surface area contributed by atoms with Crippen molar-refractivity contribution in [2.45, 2.75) is 26.3 Å². The van der Waals surface area contributed by atoms with Gasteiger partial charge in [-0.3, -0.25) is 4.79 Å². The van der Waals surface area contributed by atoms with E-state index in [-0.39, 0.29) is 11.9 Å². The molecule has 0 radical (unpaired) electrons. The van der Waals surface area contributed by atoms with Crippen molar-refractivity contribution >= 4 is 17.5 Å². The molecule has 0 spiro atoms. The van der Waals surface area contributed by atoms with Gasteiger partial charge in [0.1, 0.15) is 11.4 Å². The minimum atomic E-state index is -0.184. The van der Waals surface area contributed by atoms with E-state index in [2.05, 4.69) is 10.4 Å². The van der Waals surface area contributed by atoms with E-state index in [0.29, 0.717) is 22.1 Å². The van der Waals surface area contributed by atoms with Gasteiger partial charge in [-0.15, -0.1) is 0 Å². The number of para-hydroxylation sites is 1. The van der Waals surface area contributed by atoms with Crippen molar-refractivity contribution in [2.24, 2.45) is 0 Å². The summed E-state index contributed by atoms with van der Waals surface area (Å²) in [6, 6.07) is 16.7. The van der Waals surface area contributed by atoms with Gasteiger partial charge in [0.05, 0.1) is 23.5 Å². The zero-order chi connectivity index (χ0) is 19.4. The molecule has 0 aliphatic heterocycles. The largest absolute Gasteiger partial charge is 0.497 e. The fourth-order valence-electron chi connectivity index (χ4n) is 2.65. The summed E-state index contributed by atoms with van der Waals surface area (Å²) in [6.45, 7) is 4.00. The van der Waals surface area contributed by atoms with Crippen LogP contribution in [0.5, 0.6) is 5.75 Å². The molecule has 140 valence electrons. The van der Waals surface area contributed by atoms with Crippen molar-refractivity contribution in [1.82, 2.24) is 15.1 Å². The number of ether oxygens (including phenoxy) is 1. The minimum absolute atomic E-state index is 0.0662. The molecule has 1 N–H and O–H groups in total. The average molecular weight is 384 g/mol. The zero-order valence-corrected chi connectivity index (χ0v) is 16.3. The number of aromatic nitrogens is 2. The number of nitrogens with zero attached hydrogens (tertiary/aromatic N) is 2. The Kier molecular flexibility index (Phi) is 5.81. The Morgan fingerprint density at radius 3 is 2.56 bits per heavy atom. The van der Waals surface area contributed by atoms with E-state index < -0.39 is 0 Å². The number of rotatable bonds is 6. The molecule has 3 aromatic rings. The first-order valence-electron chi connectivity index (χ1n) is 8.83. The Morgan fingerprint density at radius 2 is 1.93 bits per heavy atom. The number of carbonyl (C=O) groups excluding carboxylic acids is 1. The number of carbonyl (C=O) groups is 1. The van der Waals surface area contributed by atoms with Gasteiger partial charge in [-0.2, -0.15) is 5.10 Å². The predicted molar refractivity (Wildman–Crippen MR) is 108 cm³/mol. The first kappa shape index (κ1) is 19.0. The summed E-state index contributed by atoms with van der Waals surface area (Å²) >= 11 is 6.35. The standard InChI is InChI=1S/C21H22ClN3O2/c1-4-14(2)23-21(26)20-13-18(15-9-11-16(27-3)12-10-15)24-25(20)19-8-6-5-7-17(19)22/h5-14H,4H2,1-3H3,(H,23,26)/t14-/m1/s1. The van der Waals surface area contributed by atoms with E-state index in [4.69, 9.17) is 16.3 Å². The lowest BCUT2D eigenvalue weighted by atomic mass is 10.1. The normalized spacial score (nSPS) is 11.9. The maximum atomic E-state index is 12.8. The summed E-state index contributed by atoms with van der Waals surface area (Å²) in [5.41, 5.74) is 2.67. The van der Waals surface area contributed by atoms with Gasteiger partial charge in [-0.25, -0.2) is 4.68 Å². The molecule has 0 saturated heterocycles. The van der Waals surface area contributed by atoms with Crippen LogP contribution in [-0.4, -0.2) is 28.8 Å². The van der Waals surface area contributed by atoms with Crippen LogP contribution in [0.4, 0.5) is 0 Å². The summed E-state index contributed by atoms with van der Waals surface area (Å²) in [5, 5.41) is 8.17. The average Bonchev–Trinajstić information content (AvgIpc) is 3.13. The third-order valence-electron chi connectivity index (χ3n) is 4.40. The Hall–Kier alpha value is -2.79. The molecule has 0 saturated carbocycles. The highest BCUT2D eigenvalue weighted by Gasteiger charge is 2.20. The number of hydrogen-bond acceptors (Lipinski definition) is 3. The van der Waals surface area contributed by atoms with Gasteiger partial charge in [0.2, 0.25) is 0 Å². The van der Waals surface area contributed by atoms with Crippen LogP contribution >= 0.6 is 11.6 Å². The molecule has 1 aromatic heterocycles. The zero-order valence-electron chi connectivity index (χ0n) is 15.6. The van der Waals surface area contributed by atoms with Gasteiger partial charge in [0.25, 0.3) is 5.91 Å². The highest BCUT2D eigenvalue weighted by molar-refractivity contribution is 6.32. The maximum absolute atomic E-state index is 12.8. The SMILES string of the molecule is CC[C@@H](C)NC(=O)c1cc(-c2ccc(OC)cc2)nn1-c1ccccc1Cl. The van der Waals surface area contributed by atoms with Crippen LogP contribution < -0.4 is 10.1 Å². The number of halogens is 1.